The number of hydrogen-bond donors (Lipinski definition) is 1. The molecule has 0 saturated carbocycles. The number of para-hydroxylation sites is 1. The van der Waals surface area contributed by atoms with Gasteiger partial charge in [-0.1, -0.05) is 55.1 Å². The number of nitrogens with one attached hydrogen (secondary N) is 1. The van der Waals surface area contributed by atoms with Gasteiger partial charge in [0.15, 0.2) is 11.0 Å². The van der Waals surface area contributed by atoms with Crippen LogP contribution in [0.3, 0.4) is 0 Å². The van der Waals surface area contributed by atoms with Gasteiger partial charge in [0, 0.05) is 32.8 Å². The average Bonchev–Trinajstić information content (AvgIpc) is 3.36. The second-order valence-electron chi connectivity index (χ2n) is 7.26. The molecule has 30 heavy (non-hydrogen) atoms. The van der Waals surface area contributed by atoms with E-state index in [9.17, 15) is 4.79 Å². The highest BCUT2D eigenvalue weighted by Gasteiger charge is 2.20. The van der Waals surface area contributed by atoms with Crippen LogP contribution >= 0.6 is 23.1 Å². The van der Waals surface area contributed by atoms with Crippen molar-refractivity contribution in [3.05, 3.63) is 59.5 Å². The zero-order valence-corrected chi connectivity index (χ0v) is 18.9. The quantitative estimate of drug-likeness (QED) is 0.359. The third-order valence-corrected chi connectivity index (χ3v) is 6.81. The molecule has 5 nitrogen and oxygen atoms in total. The Morgan fingerprint density at radius 1 is 1.13 bits per heavy atom. The average molecular weight is 437 g/mol. The Balaban J connectivity index is 1.55. The first-order valence-electron chi connectivity index (χ1n) is 10.0. The lowest BCUT2D eigenvalue weighted by atomic mass is 10.1. The van der Waals surface area contributed by atoms with Crippen molar-refractivity contribution in [3.8, 4) is 11.4 Å². The molecule has 1 N–H and O–H groups in total. The summed E-state index contributed by atoms with van der Waals surface area (Å²) in [5.74, 6) is 1.09. The Bertz CT molecular complexity index is 1180. The van der Waals surface area contributed by atoms with E-state index in [1.165, 1.54) is 21.8 Å². The summed E-state index contributed by atoms with van der Waals surface area (Å²) in [5, 5.41) is 16.0. The maximum atomic E-state index is 12.6. The molecule has 0 unspecified atom stereocenters. The summed E-state index contributed by atoms with van der Waals surface area (Å²) in [6.07, 6.45) is 0.878. The molecule has 2 heterocycles. The Labute approximate surface area is 184 Å². The molecule has 1 amide bonds. The number of benzene rings is 2. The molecule has 0 atom stereocenters. The van der Waals surface area contributed by atoms with Crippen LogP contribution in [-0.2, 0) is 11.2 Å². The number of rotatable bonds is 7. The van der Waals surface area contributed by atoms with E-state index in [4.69, 9.17) is 0 Å². The number of carbonyl (C=O) groups excluding carboxylic acids is 1. The summed E-state index contributed by atoms with van der Waals surface area (Å²) in [6.45, 7) is 6.31. The van der Waals surface area contributed by atoms with Crippen LogP contribution in [0.15, 0.2) is 59.1 Å². The predicted molar refractivity (Wildman–Crippen MR) is 126 cm³/mol. The first-order valence-corrected chi connectivity index (χ1v) is 11.9. The van der Waals surface area contributed by atoms with E-state index < -0.39 is 0 Å². The third-order valence-electron chi connectivity index (χ3n) is 4.91. The van der Waals surface area contributed by atoms with E-state index in [2.05, 4.69) is 58.4 Å². The summed E-state index contributed by atoms with van der Waals surface area (Å²) in [7, 11) is 0. The highest BCUT2D eigenvalue weighted by molar-refractivity contribution is 7.99. The van der Waals surface area contributed by atoms with Crippen LogP contribution in [0.4, 0.5) is 5.69 Å². The molecule has 7 heteroatoms. The molecule has 0 aliphatic carbocycles. The number of thiophene rings is 1. The number of thioether (sulfide) groups is 1. The Morgan fingerprint density at radius 2 is 1.90 bits per heavy atom. The fraction of sp³-hybridized carbons (Fsp3) is 0.261. The summed E-state index contributed by atoms with van der Waals surface area (Å²) >= 11 is 3.13. The fourth-order valence-electron chi connectivity index (χ4n) is 3.44. The van der Waals surface area contributed by atoms with E-state index in [0.717, 1.165) is 34.2 Å². The minimum absolute atomic E-state index is 0.0401. The molecule has 2 aromatic carbocycles. The second kappa shape index (κ2) is 9.02. The maximum Gasteiger partial charge on any atom is 0.234 e. The minimum Gasteiger partial charge on any atom is -0.325 e. The van der Waals surface area contributed by atoms with E-state index in [1.54, 1.807) is 11.3 Å². The summed E-state index contributed by atoms with van der Waals surface area (Å²) < 4.78 is 3.35. The number of anilines is 1. The summed E-state index contributed by atoms with van der Waals surface area (Å²) in [5.41, 5.74) is 3.10. The lowest BCUT2D eigenvalue weighted by molar-refractivity contribution is -0.113. The molecule has 2 aromatic heterocycles. The number of hydrogen-bond acceptors (Lipinski definition) is 5. The van der Waals surface area contributed by atoms with Gasteiger partial charge in [-0.2, -0.15) is 0 Å². The number of carbonyl (C=O) groups is 1. The monoisotopic (exact) mass is 436 g/mol. The van der Waals surface area contributed by atoms with Crippen molar-refractivity contribution in [1.82, 2.24) is 14.8 Å². The van der Waals surface area contributed by atoms with Gasteiger partial charge in [0.1, 0.15) is 0 Å². The van der Waals surface area contributed by atoms with Gasteiger partial charge in [0.05, 0.1) is 5.75 Å². The molecular weight excluding hydrogens is 412 g/mol. The van der Waals surface area contributed by atoms with E-state index in [1.807, 2.05) is 36.4 Å². The Morgan fingerprint density at radius 3 is 2.70 bits per heavy atom. The van der Waals surface area contributed by atoms with Gasteiger partial charge in [-0.15, -0.1) is 21.5 Å². The van der Waals surface area contributed by atoms with Crippen molar-refractivity contribution in [3.63, 3.8) is 0 Å². The Kier molecular flexibility index (Phi) is 6.20. The first kappa shape index (κ1) is 20.6. The van der Waals surface area contributed by atoms with E-state index in [0.29, 0.717) is 0 Å². The van der Waals surface area contributed by atoms with Crippen molar-refractivity contribution in [2.75, 3.05) is 11.1 Å². The lowest BCUT2D eigenvalue weighted by Gasteiger charge is -2.14. The van der Waals surface area contributed by atoms with Gasteiger partial charge >= 0.3 is 0 Å². The normalized spacial score (nSPS) is 11.3. The number of aromatic nitrogens is 3. The van der Waals surface area contributed by atoms with Gasteiger partial charge in [-0.25, -0.2) is 0 Å². The fourth-order valence-corrected chi connectivity index (χ4v) is 5.25. The van der Waals surface area contributed by atoms with Crippen LogP contribution in [0.5, 0.6) is 0 Å². The van der Waals surface area contributed by atoms with Crippen LogP contribution < -0.4 is 5.32 Å². The smallest absolute Gasteiger partial charge is 0.234 e. The Hall–Kier alpha value is -2.64. The zero-order valence-electron chi connectivity index (χ0n) is 17.3. The summed E-state index contributed by atoms with van der Waals surface area (Å²) in [6, 6.07) is 16.4. The second-order valence-corrected chi connectivity index (χ2v) is 9.12. The van der Waals surface area contributed by atoms with Crippen molar-refractivity contribution in [2.24, 2.45) is 0 Å². The molecule has 0 saturated heterocycles. The predicted octanol–water partition coefficient (Wildman–Crippen LogP) is 6.03. The van der Waals surface area contributed by atoms with Gasteiger partial charge in [0.25, 0.3) is 0 Å². The third kappa shape index (κ3) is 4.13. The van der Waals surface area contributed by atoms with Gasteiger partial charge in [-0.3, -0.25) is 9.36 Å². The molecule has 154 valence electrons. The maximum absolute atomic E-state index is 12.6. The van der Waals surface area contributed by atoms with Crippen LogP contribution in [0, 0.1) is 0 Å². The van der Waals surface area contributed by atoms with Gasteiger partial charge in [0.2, 0.25) is 5.91 Å². The molecule has 4 aromatic rings. The topological polar surface area (TPSA) is 59.8 Å². The highest BCUT2D eigenvalue weighted by Crippen LogP contribution is 2.35. The molecule has 0 aliphatic rings. The van der Waals surface area contributed by atoms with E-state index in [-0.39, 0.29) is 17.7 Å². The van der Waals surface area contributed by atoms with Crippen molar-refractivity contribution < 1.29 is 4.79 Å². The van der Waals surface area contributed by atoms with Crippen LogP contribution in [0.25, 0.3) is 21.5 Å². The lowest BCUT2D eigenvalue weighted by Crippen LogP contribution is -2.16. The SMILES string of the molecule is CCc1ccccc1NC(=O)CSc1nnc(-c2csc3ccccc23)n1C(C)C. The summed E-state index contributed by atoms with van der Waals surface area (Å²) in [4.78, 5) is 12.6. The number of nitrogens with zero attached hydrogens (tertiary/aromatic N) is 3. The molecule has 4 rings (SSSR count). The standard InChI is InChI=1S/C23H24N4OS2/c1-4-16-9-5-7-11-19(16)24-21(28)14-30-23-26-25-22(27(23)15(2)3)18-13-29-20-12-8-6-10-17(18)20/h5-13,15H,4,14H2,1-3H3,(H,24,28). The highest BCUT2D eigenvalue weighted by atomic mass is 32.2. The minimum atomic E-state index is -0.0401. The van der Waals surface area contributed by atoms with Gasteiger partial charge < -0.3 is 5.32 Å². The van der Waals surface area contributed by atoms with E-state index >= 15 is 0 Å². The number of fused-ring (bicyclic) bond motifs is 1. The van der Waals surface area contributed by atoms with Crippen LogP contribution in [0.2, 0.25) is 0 Å². The first-order chi connectivity index (χ1) is 14.6. The van der Waals surface area contributed by atoms with Crippen molar-refractivity contribution >= 4 is 44.8 Å². The van der Waals surface area contributed by atoms with Crippen LogP contribution in [-0.4, -0.2) is 26.4 Å². The molecule has 0 aliphatic heterocycles. The molecule has 0 spiro atoms. The molecule has 0 fully saturated rings. The zero-order chi connectivity index (χ0) is 21.1. The van der Waals surface area contributed by atoms with Gasteiger partial charge in [-0.05, 0) is 38.0 Å². The van der Waals surface area contributed by atoms with Crippen molar-refractivity contribution in [1.29, 1.82) is 0 Å². The van der Waals surface area contributed by atoms with Crippen LogP contribution in [0.1, 0.15) is 32.4 Å². The largest absolute Gasteiger partial charge is 0.325 e. The van der Waals surface area contributed by atoms with Crippen molar-refractivity contribution in [2.45, 2.75) is 38.4 Å². The number of amides is 1. The molecule has 0 bridgehead atoms. The molecular formula is C23H24N4OS2. The molecule has 0 radical (unpaired) electrons. The number of aryl methyl sites for hydroxylation is 1.